The van der Waals surface area contributed by atoms with Crippen molar-refractivity contribution in [2.24, 2.45) is 0 Å². The summed E-state index contributed by atoms with van der Waals surface area (Å²) in [5.41, 5.74) is -3.98. The van der Waals surface area contributed by atoms with E-state index in [1.807, 2.05) is 6.07 Å². The lowest BCUT2D eigenvalue weighted by Gasteiger charge is -2.16. The van der Waals surface area contributed by atoms with E-state index in [-0.39, 0.29) is 16.1 Å². The van der Waals surface area contributed by atoms with E-state index in [2.05, 4.69) is 25.5 Å². The number of nitriles is 1. The molecule has 1 amide bonds. The molecule has 0 bridgehead atoms. The lowest BCUT2D eigenvalue weighted by atomic mass is 10.0. The number of sulfone groups is 1. The van der Waals surface area contributed by atoms with Gasteiger partial charge in [0.25, 0.3) is 11.8 Å². The van der Waals surface area contributed by atoms with Crippen molar-refractivity contribution in [1.29, 1.82) is 5.26 Å². The number of halogens is 4. The summed E-state index contributed by atoms with van der Waals surface area (Å²) < 4.78 is 83.8. The molecule has 37 heavy (non-hydrogen) atoms. The lowest BCUT2D eigenvalue weighted by molar-refractivity contribution is -0.142. The highest BCUT2D eigenvalue weighted by molar-refractivity contribution is 7.90. The predicted molar refractivity (Wildman–Crippen MR) is 118 cm³/mol. The highest BCUT2D eigenvalue weighted by Gasteiger charge is 2.48. The Balaban J connectivity index is 1.73. The Morgan fingerprint density at radius 3 is 2.51 bits per heavy atom. The molecule has 0 unspecified atom stereocenters. The van der Waals surface area contributed by atoms with Crippen LogP contribution in [0.5, 0.6) is 11.9 Å². The van der Waals surface area contributed by atoms with Crippen molar-refractivity contribution < 1.29 is 35.5 Å². The monoisotopic (exact) mass is 536 g/mol. The summed E-state index contributed by atoms with van der Waals surface area (Å²) in [5.74, 6) is -2.96. The number of benzene rings is 1. The van der Waals surface area contributed by atoms with Crippen molar-refractivity contribution in [3.05, 3.63) is 58.8 Å². The average molecular weight is 536 g/mol. The van der Waals surface area contributed by atoms with E-state index in [0.29, 0.717) is 12.8 Å². The minimum absolute atomic E-state index is 0.0403. The maximum atomic E-state index is 14.6. The number of ether oxygens (including phenoxy) is 1. The van der Waals surface area contributed by atoms with Gasteiger partial charge in [0.05, 0.1) is 16.4 Å². The van der Waals surface area contributed by atoms with Crippen LogP contribution in [0.25, 0.3) is 0 Å². The molecule has 1 aliphatic rings. The normalized spacial score (nSPS) is 14.5. The minimum atomic E-state index is -4.97. The summed E-state index contributed by atoms with van der Waals surface area (Å²) in [6, 6.07) is 6.34. The Kier molecular flexibility index (Phi) is 6.32. The Bertz CT molecular complexity index is 1570. The third-order valence-corrected chi connectivity index (χ3v) is 6.70. The molecule has 2 heterocycles. The third kappa shape index (κ3) is 5.19. The molecule has 0 radical (unpaired) electrons. The first-order valence-electron chi connectivity index (χ1n) is 10.4. The molecular weight excluding hydrogens is 520 g/mol. The third-order valence-electron chi connectivity index (χ3n) is 5.59. The molecule has 1 saturated carbocycles. The smallest absolute Gasteiger partial charge is 0.403 e. The number of alkyl halides is 3. The molecule has 0 spiro atoms. The first-order chi connectivity index (χ1) is 17.2. The van der Waals surface area contributed by atoms with Gasteiger partial charge in [0.15, 0.2) is 15.5 Å². The molecule has 15 heteroatoms. The van der Waals surface area contributed by atoms with Crippen LogP contribution in [0.3, 0.4) is 0 Å². The maximum absolute atomic E-state index is 14.6. The highest BCUT2D eigenvalue weighted by atomic mass is 32.2. The molecule has 192 valence electrons. The summed E-state index contributed by atoms with van der Waals surface area (Å²) in [6.45, 7) is 0.959. The second-order valence-electron chi connectivity index (χ2n) is 8.26. The van der Waals surface area contributed by atoms with E-state index in [9.17, 15) is 36.0 Å². The average Bonchev–Trinajstić information content (AvgIpc) is 3.59. The first kappa shape index (κ1) is 25.9. The van der Waals surface area contributed by atoms with E-state index in [1.54, 1.807) is 0 Å². The molecular formula is C22H16F4N6O4S. The van der Waals surface area contributed by atoms with Crippen LogP contribution in [0.4, 0.5) is 23.2 Å². The predicted octanol–water partition coefficient (Wildman–Crippen LogP) is 3.74. The standard InChI is InChI=1S/C22H16F4N6O4S/c1-11-15(18(33)29-12-4-3-5-13(8-12)37(2,34)35)19(32-31-16(11)22(24,25)26)36-20-28-9-14(17(23)30-20)21(10-27)6-7-21/h3-5,8-9H,6-7H2,1-2H3,(H,29,33). The summed E-state index contributed by atoms with van der Waals surface area (Å²) in [4.78, 5) is 20.2. The molecule has 1 aliphatic carbocycles. The number of rotatable bonds is 6. The number of aromatic nitrogens is 4. The van der Waals surface area contributed by atoms with Crippen LogP contribution >= 0.6 is 0 Å². The van der Waals surface area contributed by atoms with Crippen LogP contribution in [0.1, 0.15) is 40.0 Å². The zero-order chi connectivity index (χ0) is 27.2. The zero-order valence-corrected chi connectivity index (χ0v) is 19.9. The quantitative estimate of drug-likeness (QED) is 0.367. The molecule has 0 atom stereocenters. The van der Waals surface area contributed by atoms with Crippen LogP contribution in [0, 0.1) is 24.2 Å². The Morgan fingerprint density at radius 1 is 1.24 bits per heavy atom. The van der Waals surface area contributed by atoms with Crippen LogP contribution in [0.15, 0.2) is 35.4 Å². The van der Waals surface area contributed by atoms with Crippen molar-refractivity contribution in [3.63, 3.8) is 0 Å². The minimum Gasteiger partial charge on any atom is -0.403 e. The number of hydrogen-bond acceptors (Lipinski definition) is 9. The number of hydrogen-bond donors (Lipinski definition) is 1. The highest BCUT2D eigenvalue weighted by Crippen LogP contribution is 2.48. The molecule has 1 fully saturated rings. The zero-order valence-electron chi connectivity index (χ0n) is 19.1. The lowest BCUT2D eigenvalue weighted by Crippen LogP contribution is -2.21. The molecule has 10 nitrogen and oxygen atoms in total. The van der Waals surface area contributed by atoms with Gasteiger partial charge >= 0.3 is 12.2 Å². The maximum Gasteiger partial charge on any atom is 0.435 e. The summed E-state index contributed by atoms with van der Waals surface area (Å²) in [7, 11) is -3.64. The van der Waals surface area contributed by atoms with E-state index >= 15 is 0 Å². The number of amides is 1. The van der Waals surface area contributed by atoms with Gasteiger partial charge in [-0.15, -0.1) is 10.2 Å². The second-order valence-corrected chi connectivity index (χ2v) is 10.3. The van der Waals surface area contributed by atoms with E-state index < -0.39 is 62.0 Å². The fraction of sp³-hybridized carbons (Fsp3) is 0.273. The molecule has 4 rings (SSSR count). The second kappa shape index (κ2) is 9.04. The summed E-state index contributed by atoms with van der Waals surface area (Å²) in [5, 5.41) is 18.0. The van der Waals surface area contributed by atoms with Gasteiger partial charge in [-0.1, -0.05) is 6.07 Å². The van der Waals surface area contributed by atoms with Gasteiger partial charge in [-0.3, -0.25) is 4.79 Å². The summed E-state index contributed by atoms with van der Waals surface area (Å²) in [6.07, 6.45) is -2.18. The number of carbonyl (C=O) groups is 1. The van der Waals surface area contributed by atoms with E-state index in [4.69, 9.17) is 4.74 Å². The Hall–Kier alpha value is -4.19. The summed E-state index contributed by atoms with van der Waals surface area (Å²) >= 11 is 0. The molecule has 0 saturated heterocycles. The van der Waals surface area contributed by atoms with Gasteiger partial charge in [-0.2, -0.15) is 27.8 Å². The van der Waals surface area contributed by atoms with E-state index in [0.717, 1.165) is 25.4 Å². The number of carbonyl (C=O) groups excluding carboxylic acids is 1. The van der Waals surface area contributed by atoms with Crippen molar-refractivity contribution in [1.82, 2.24) is 20.2 Å². The van der Waals surface area contributed by atoms with Gasteiger partial charge in [0.1, 0.15) is 5.56 Å². The van der Waals surface area contributed by atoms with Gasteiger partial charge in [0, 0.05) is 23.7 Å². The van der Waals surface area contributed by atoms with Crippen molar-refractivity contribution >= 4 is 21.4 Å². The number of anilines is 1. The van der Waals surface area contributed by atoms with Crippen LogP contribution in [-0.2, 0) is 21.4 Å². The number of nitrogens with zero attached hydrogens (tertiary/aromatic N) is 5. The largest absolute Gasteiger partial charge is 0.435 e. The Morgan fingerprint density at radius 2 is 1.95 bits per heavy atom. The molecule has 2 aromatic heterocycles. The molecule has 0 aliphatic heterocycles. The fourth-order valence-electron chi connectivity index (χ4n) is 3.47. The Labute approximate surface area is 207 Å². The van der Waals surface area contributed by atoms with Gasteiger partial charge in [-0.05, 0) is 43.5 Å². The molecule has 1 N–H and O–H groups in total. The topological polar surface area (TPSA) is 148 Å². The van der Waals surface area contributed by atoms with Gasteiger partial charge < -0.3 is 10.1 Å². The van der Waals surface area contributed by atoms with Crippen LogP contribution in [-0.4, -0.2) is 40.7 Å². The van der Waals surface area contributed by atoms with Crippen LogP contribution < -0.4 is 10.1 Å². The molecule has 1 aromatic carbocycles. The van der Waals surface area contributed by atoms with Crippen molar-refractivity contribution in [3.8, 4) is 18.0 Å². The van der Waals surface area contributed by atoms with Gasteiger partial charge in [-0.25, -0.2) is 13.4 Å². The first-order valence-corrected chi connectivity index (χ1v) is 12.3. The van der Waals surface area contributed by atoms with Crippen LogP contribution in [0.2, 0.25) is 0 Å². The van der Waals surface area contributed by atoms with Crippen molar-refractivity contribution in [2.45, 2.75) is 36.3 Å². The van der Waals surface area contributed by atoms with Crippen molar-refractivity contribution in [2.75, 3.05) is 11.6 Å². The molecule has 3 aromatic rings. The fourth-order valence-corrected chi connectivity index (χ4v) is 4.14. The SMILES string of the molecule is Cc1c(C(F)(F)F)nnc(Oc2ncc(C3(C#N)CC3)c(F)n2)c1C(=O)Nc1cccc(S(C)(=O)=O)c1. The number of nitrogens with one attached hydrogen (secondary N) is 1. The van der Waals surface area contributed by atoms with Gasteiger partial charge in [0.2, 0.25) is 5.95 Å². The van der Waals surface area contributed by atoms with E-state index in [1.165, 1.54) is 18.2 Å².